The van der Waals surface area contributed by atoms with Gasteiger partial charge in [0.05, 0.1) is 74.6 Å². The Hall–Kier alpha value is -12.6. The van der Waals surface area contributed by atoms with Gasteiger partial charge >= 0.3 is 17.9 Å². The summed E-state index contributed by atoms with van der Waals surface area (Å²) in [5, 5.41) is 3.81. The number of esters is 3. The smallest absolute Gasteiger partial charge is 0.357 e. The number of ketones is 6. The van der Waals surface area contributed by atoms with Crippen molar-refractivity contribution in [3.8, 4) is 50.6 Å². The highest BCUT2D eigenvalue weighted by Gasteiger charge is 2.53. The standard InChI is InChI=1S/3C33H31ClN2O7.CH4/c3*1-19(37)23-7-6-22(34)16-24(23)25-17-31(39)35(18-30(25)42-3)27(9-12-41-2)29(38)14-20-5-8-26-21(13-20)15-28-32(40)43-33(36(26)28)10-4-11-33;/h3*5-8,13,15-18,27H,4,9-12,14H2,1-3H3;1H4/t2*27-;;/m10../s1. The second-order valence-corrected chi connectivity index (χ2v) is 34.7. The average Bonchev–Trinajstić information content (AvgIpc) is 1.56. The zero-order valence-corrected chi connectivity index (χ0v) is 74.7. The van der Waals surface area contributed by atoms with Crippen molar-refractivity contribution in [2.75, 3.05) is 62.5 Å². The number of benzene rings is 6. The summed E-state index contributed by atoms with van der Waals surface area (Å²) >= 11 is 18.7. The summed E-state index contributed by atoms with van der Waals surface area (Å²) in [5.41, 5.74) is 7.38. The average molecular weight is 1830 g/mol. The van der Waals surface area contributed by atoms with Crippen molar-refractivity contribution in [3.63, 3.8) is 0 Å². The molecular weight excluding hydrogens is 1730 g/mol. The highest BCUT2D eigenvalue weighted by Crippen LogP contribution is 2.52. The predicted octanol–water partition coefficient (Wildman–Crippen LogP) is 17.8. The number of carbonyl (C=O) groups is 9. The molecule has 9 heterocycles. The molecule has 0 N–H and O–H groups in total. The summed E-state index contributed by atoms with van der Waals surface area (Å²) in [7, 11) is 9.01. The number of fused-ring (bicyclic) bond motifs is 12. The minimum absolute atomic E-state index is 0. The number of carbonyl (C=O) groups excluding carboxylic acids is 9. The minimum atomic E-state index is -0.829. The molecule has 3 fully saturated rings. The molecule has 6 aliphatic rings. The molecule has 6 aromatic carbocycles. The van der Waals surface area contributed by atoms with Crippen molar-refractivity contribution >= 4 is 120 Å². The number of aromatic nitrogens is 6. The number of halogens is 3. The van der Waals surface area contributed by atoms with Crippen LogP contribution in [0.5, 0.6) is 17.2 Å². The zero-order chi connectivity index (χ0) is 91.4. The molecule has 3 atom stereocenters. The van der Waals surface area contributed by atoms with Crippen LogP contribution in [0, 0.1) is 0 Å². The third kappa shape index (κ3) is 17.2. The molecule has 3 spiro atoms. The van der Waals surface area contributed by atoms with Crippen LogP contribution in [0.2, 0.25) is 15.1 Å². The van der Waals surface area contributed by atoms with Gasteiger partial charge in [-0.2, -0.15) is 0 Å². The Bertz CT molecular complexity index is 6190. The Morgan fingerprint density at radius 1 is 0.354 bits per heavy atom. The SMILES string of the molecule is C.COCCC(C(=O)Cc1ccc2c(c1)cc1n2C2(CCC2)OC1=O)n1cc(OC)c(-c2cc(Cl)ccc2C(C)=O)cc1=O.COCC[C@@H](C(=O)Cc1ccc2c(c1)cc1n2C2(CCC2)OC1=O)n1cc(OC)c(-c2cc(Cl)ccc2C(C)=O)cc1=O.COCC[C@H](C(=O)Cc1ccc2c(c1)cc1n2C2(CCC2)OC1=O)n1cc(OC)c(-c2cc(Cl)ccc2C(C)=O)cc1=O. The molecule has 1 unspecified atom stereocenters. The van der Waals surface area contributed by atoms with Crippen LogP contribution in [0.25, 0.3) is 66.1 Å². The van der Waals surface area contributed by atoms with E-state index in [0.717, 1.165) is 107 Å². The van der Waals surface area contributed by atoms with Crippen molar-refractivity contribution < 1.29 is 85.8 Å². The maximum atomic E-state index is 13.8. The van der Waals surface area contributed by atoms with Crippen LogP contribution in [0.4, 0.5) is 0 Å². The highest BCUT2D eigenvalue weighted by atomic mass is 35.5. The topological polar surface area (TPSA) is 317 Å². The first-order valence-corrected chi connectivity index (χ1v) is 43.6. The molecule has 27 nitrogen and oxygen atoms in total. The van der Waals surface area contributed by atoms with Gasteiger partial charge in [0, 0.05) is 182 Å². The molecule has 12 aromatic rings. The fraction of sp³-hybridized carbons (Fsp3) is 0.340. The molecule has 674 valence electrons. The van der Waals surface area contributed by atoms with Gasteiger partial charge in [-0.1, -0.05) is 60.4 Å². The second-order valence-electron chi connectivity index (χ2n) is 33.4. The molecule has 130 heavy (non-hydrogen) atoms. The summed E-state index contributed by atoms with van der Waals surface area (Å²) in [4.78, 5) is 157. The molecule has 3 saturated carbocycles. The van der Waals surface area contributed by atoms with E-state index < -0.39 is 52.0 Å². The highest BCUT2D eigenvalue weighted by molar-refractivity contribution is 6.32. The second kappa shape index (κ2) is 37.5. The van der Waals surface area contributed by atoms with E-state index in [-0.39, 0.29) is 118 Å². The lowest BCUT2D eigenvalue weighted by atomic mass is 9.88. The lowest BCUT2D eigenvalue weighted by Crippen LogP contribution is -2.39. The van der Waals surface area contributed by atoms with E-state index in [2.05, 4.69) is 0 Å². The van der Waals surface area contributed by atoms with Crippen molar-refractivity contribution in [2.24, 2.45) is 0 Å². The van der Waals surface area contributed by atoms with Crippen LogP contribution in [-0.2, 0) is 79.2 Å². The minimum Gasteiger partial charge on any atom is -0.495 e. The van der Waals surface area contributed by atoms with E-state index in [1.165, 1.54) is 114 Å². The molecule has 0 bridgehead atoms. The quantitative estimate of drug-likeness (QED) is 0.0229. The van der Waals surface area contributed by atoms with Gasteiger partial charge in [-0.3, -0.25) is 56.9 Å². The van der Waals surface area contributed by atoms with E-state index in [4.69, 9.17) is 77.4 Å². The Morgan fingerprint density at radius 3 is 0.838 bits per heavy atom. The van der Waals surface area contributed by atoms with Gasteiger partial charge in [0.15, 0.2) is 51.9 Å². The third-order valence-electron chi connectivity index (χ3n) is 25.5. The van der Waals surface area contributed by atoms with Gasteiger partial charge in [0.2, 0.25) is 0 Å². The summed E-state index contributed by atoms with van der Waals surface area (Å²) in [6, 6.07) is 38.8. The van der Waals surface area contributed by atoms with Gasteiger partial charge in [-0.05, 0) is 202 Å². The van der Waals surface area contributed by atoms with E-state index in [1.807, 2.05) is 86.5 Å². The van der Waals surface area contributed by atoms with E-state index in [1.54, 1.807) is 54.6 Å². The number of nitrogens with zero attached hydrogens (tertiary/aromatic N) is 6. The lowest BCUT2D eigenvalue weighted by Gasteiger charge is -2.38. The molecular formula is C100H97Cl3N6O21. The Morgan fingerprint density at radius 2 is 0.615 bits per heavy atom. The maximum Gasteiger partial charge on any atom is 0.357 e. The molecule has 18 rings (SSSR count). The van der Waals surface area contributed by atoms with Gasteiger partial charge in [-0.25, -0.2) is 14.4 Å². The molecule has 30 heteroatoms. The Kier molecular flexibility index (Phi) is 26.5. The lowest BCUT2D eigenvalue weighted by molar-refractivity contribution is -0.123. The third-order valence-corrected chi connectivity index (χ3v) is 26.2. The monoisotopic (exact) mass is 1820 g/mol. The van der Waals surface area contributed by atoms with E-state index >= 15 is 0 Å². The van der Waals surface area contributed by atoms with Crippen LogP contribution < -0.4 is 30.9 Å². The molecule has 3 aliphatic heterocycles. The number of ether oxygens (including phenoxy) is 9. The van der Waals surface area contributed by atoms with Crippen molar-refractivity contribution in [3.05, 3.63) is 261 Å². The first-order valence-electron chi connectivity index (χ1n) is 42.5. The predicted molar refractivity (Wildman–Crippen MR) is 490 cm³/mol. The molecule has 3 aliphatic carbocycles. The van der Waals surface area contributed by atoms with Crippen LogP contribution in [0.3, 0.4) is 0 Å². The fourth-order valence-corrected chi connectivity index (χ4v) is 19.2. The fourth-order valence-electron chi connectivity index (χ4n) is 18.7. The first kappa shape index (κ1) is 92.1. The zero-order valence-electron chi connectivity index (χ0n) is 72.4. The van der Waals surface area contributed by atoms with Crippen LogP contribution >= 0.6 is 34.8 Å². The van der Waals surface area contributed by atoms with Gasteiger partial charge < -0.3 is 56.3 Å². The maximum absolute atomic E-state index is 13.8. The summed E-state index contributed by atoms with van der Waals surface area (Å²) in [5.74, 6) is -1.09. The van der Waals surface area contributed by atoms with Crippen molar-refractivity contribution in [1.29, 1.82) is 0 Å². The number of hydrogen-bond acceptors (Lipinski definition) is 21. The Balaban J connectivity index is 0.000000149. The first-order chi connectivity index (χ1) is 62.0. The van der Waals surface area contributed by atoms with Crippen LogP contribution in [0.1, 0.15) is 203 Å². The van der Waals surface area contributed by atoms with Crippen molar-refractivity contribution in [2.45, 2.75) is 160 Å². The van der Waals surface area contributed by atoms with Crippen LogP contribution in [0.15, 0.2) is 179 Å². The number of rotatable bonds is 30. The van der Waals surface area contributed by atoms with Crippen molar-refractivity contribution in [1.82, 2.24) is 27.4 Å². The summed E-state index contributed by atoms with van der Waals surface area (Å²) < 4.78 is 59.9. The molecule has 6 aromatic heterocycles. The largest absolute Gasteiger partial charge is 0.495 e. The van der Waals surface area contributed by atoms with E-state index in [9.17, 15) is 57.5 Å². The molecule has 0 radical (unpaired) electrons. The number of pyridine rings is 3. The van der Waals surface area contributed by atoms with Gasteiger partial charge in [-0.15, -0.1) is 0 Å². The number of Topliss-reactive ketones (excluding diaryl/α,β-unsaturated/α-hetero) is 6. The molecule has 0 saturated heterocycles. The van der Waals surface area contributed by atoms with E-state index in [0.29, 0.717) is 99.5 Å². The summed E-state index contributed by atoms with van der Waals surface area (Å²) in [6.45, 7) is 5.09. The number of methoxy groups -OCH3 is 6. The summed E-state index contributed by atoms with van der Waals surface area (Å²) in [6.07, 6.45) is 13.3. The molecule has 0 amide bonds. The van der Waals surface area contributed by atoms with Crippen LogP contribution in [-0.4, -0.2) is 142 Å². The number of hydrogen-bond donors (Lipinski definition) is 0. The Labute approximate surface area is 762 Å². The normalized spacial score (nSPS) is 15.6. The van der Waals surface area contributed by atoms with Gasteiger partial charge in [0.25, 0.3) is 16.7 Å². The van der Waals surface area contributed by atoms with Gasteiger partial charge in [0.1, 0.15) is 34.3 Å².